The van der Waals surface area contributed by atoms with Gasteiger partial charge in [-0.05, 0) is 19.4 Å². The van der Waals surface area contributed by atoms with Crippen molar-refractivity contribution in [3.63, 3.8) is 0 Å². The molecule has 0 aliphatic heterocycles. The van der Waals surface area contributed by atoms with Crippen molar-refractivity contribution in [1.29, 1.82) is 0 Å². The number of hydrogen-bond acceptors (Lipinski definition) is 4. The van der Waals surface area contributed by atoms with Crippen LogP contribution in [-0.4, -0.2) is 34.3 Å². The minimum Gasteiger partial charge on any atom is -0.355 e. The van der Waals surface area contributed by atoms with Gasteiger partial charge >= 0.3 is 0 Å². The van der Waals surface area contributed by atoms with Gasteiger partial charge in [-0.2, -0.15) is 5.10 Å². The highest BCUT2D eigenvalue weighted by atomic mass is 127. The van der Waals surface area contributed by atoms with E-state index in [1.807, 2.05) is 30.2 Å². The van der Waals surface area contributed by atoms with E-state index < -0.39 is 0 Å². The first-order valence-corrected chi connectivity index (χ1v) is 7.34. The third-order valence-corrected chi connectivity index (χ3v) is 3.61. The number of thiazole rings is 1. The van der Waals surface area contributed by atoms with Crippen LogP contribution in [0.1, 0.15) is 15.4 Å². The lowest BCUT2D eigenvalue weighted by molar-refractivity contribution is 0.597. The van der Waals surface area contributed by atoms with Gasteiger partial charge in [0.1, 0.15) is 5.01 Å². The molecule has 2 heterocycles. The molecule has 2 rings (SSSR count). The van der Waals surface area contributed by atoms with Gasteiger partial charge < -0.3 is 10.6 Å². The van der Waals surface area contributed by atoms with E-state index in [4.69, 9.17) is 0 Å². The molecule has 0 aliphatic carbocycles. The normalized spacial score (nSPS) is 11.1. The molecule has 0 amide bonds. The summed E-state index contributed by atoms with van der Waals surface area (Å²) in [5, 5.41) is 11.8. The van der Waals surface area contributed by atoms with Gasteiger partial charge in [-0.25, -0.2) is 4.98 Å². The molecule has 0 aromatic carbocycles. The summed E-state index contributed by atoms with van der Waals surface area (Å²) >= 11 is 1.69. The Bertz CT molecular complexity index is 577. The quantitative estimate of drug-likeness (QED) is 0.441. The van der Waals surface area contributed by atoms with Gasteiger partial charge in [-0.15, -0.1) is 35.3 Å². The molecule has 2 aromatic rings. The predicted molar refractivity (Wildman–Crippen MR) is 97.4 cm³/mol. The van der Waals surface area contributed by atoms with Crippen molar-refractivity contribution < 1.29 is 0 Å². The Kier molecular flexibility index (Phi) is 7.65. The smallest absolute Gasteiger partial charge is 0.191 e. The van der Waals surface area contributed by atoms with Crippen molar-refractivity contribution in [2.75, 3.05) is 13.6 Å². The lowest BCUT2D eigenvalue weighted by atomic mass is 10.4. The van der Waals surface area contributed by atoms with Crippen LogP contribution in [0.4, 0.5) is 0 Å². The molecule has 21 heavy (non-hydrogen) atoms. The van der Waals surface area contributed by atoms with Gasteiger partial charge in [0, 0.05) is 30.9 Å². The molecule has 0 unspecified atom stereocenters. The van der Waals surface area contributed by atoms with Gasteiger partial charge in [-0.1, -0.05) is 0 Å². The molecule has 0 aliphatic rings. The molecular formula is C13H21IN6S. The van der Waals surface area contributed by atoms with Crippen LogP contribution >= 0.6 is 35.3 Å². The zero-order valence-electron chi connectivity index (χ0n) is 12.5. The lowest BCUT2D eigenvalue weighted by Gasteiger charge is -2.10. The topological polar surface area (TPSA) is 67.1 Å². The van der Waals surface area contributed by atoms with Crippen LogP contribution in [0.25, 0.3) is 0 Å². The molecule has 0 atom stereocenters. The number of aromatic nitrogens is 3. The summed E-state index contributed by atoms with van der Waals surface area (Å²) in [7, 11) is 1.76. The Hall–Kier alpha value is -1.16. The largest absolute Gasteiger partial charge is 0.355 e. The molecule has 0 spiro atoms. The third kappa shape index (κ3) is 6.00. The third-order valence-electron chi connectivity index (χ3n) is 2.70. The molecular weight excluding hydrogens is 399 g/mol. The zero-order valence-corrected chi connectivity index (χ0v) is 15.6. The molecule has 0 saturated heterocycles. The molecule has 0 radical (unpaired) electrons. The number of nitrogens with zero attached hydrogens (tertiary/aromatic N) is 4. The van der Waals surface area contributed by atoms with Crippen LogP contribution in [0.2, 0.25) is 0 Å². The van der Waals surface area contributed by atoms with Crippen LogP contribution < -0.4 is 10.6 Å². The summed E-state index contributed by atoms with van der Waals surface area (Å²) in [4.78, 5) is 9.72. The Balaban J connectivity index is 0.00000220. The average Bonchev–Trinajstić information content (AvgIpc) is 3.02. The van der Waals surface area contributed by atoms with E-state index in [0.29, 0.717) is 6.54 Å². The first kappa shape index (κ1) is 17.9. The SMILES string of the molecule is CN=C(NCCn1cc(C)cn1)NCc1ncc(C)s1.I. The summed E-state index contributed by atoms with van der Waals surface area (Å²) in [6.07, 6.45) is 5.77. The van der Waals surface area contributed by atoms with Crippen LogP contribution in [0.5, 0.6) is 0 Å². The van der Waals surface area contributed by atoms with Crippen LogP contribution in [0.15, 0.2) is 23.6 Å². The molecule has 0 bridgehead atoms. The number of rotatable bonds is 5. The van der Waals surface area contributed by atoms with Crippen LogP contribution in [-0.2, 0) is 13.1 Å². The van der Waals surface area contributed by atoms with Crippen LogP contribution in [0.3, 0.4) is 0 Å². The number of halogens is 1. The Morgan fingerprint density at radius 1 is 1.33 bits per heavy atom. The fraction of sp³-hybridized carbons (Fsp3) is 0.462. The van der Waals surface area contributed by atoms with E-state index in [9.17, 15) is 0 Å². The van der Waals surface area contributed by atoms with Crippen molar-refractivity contribution in [2.45, 2.75) is 26.9 Å². The van der Waals surface area contributed by atoms with E-state index >= 15 is 0 Å². The highest BCUT2D eigenvalue weighted by Crippen LogP contribution is 2.10. The van der Waals surface area contributed by atoms with Crippen molar-refractivity contribution in [1.82, 2.24) is 25.4 Å². The predicted octanol–water partition coefficient (Wildman–Crippen LogP) is 1.94. The van der Waals surface area contributed by atoms with E-state index in [2.05, 4.69) is 32.6 Å². The van der Waals surface area contributed by atoms with Gasteiger partial charge in [-0.3, -0.25) is 9.67 Å². The molecule has 116 valence electrons. The number of guanidine groups is 1. The Morgan fingerprint density at radius 3 is 2.71 bits per heavy atom. The maximum absolute atomic E-state index is 4.31. The summed E-state index contributed by atoms with van der Waals surface area (Å²) in [6.45, 7) is 6.37. The monoisotopic (exact) mass is 420 g/mol. The first-order valence-electron chi connectivity index (χ1n) is 6.52. The molecule has 2 N–H and O–H groups in total. The standard InChI is InChI=1S/C13H20N6S.HI/c1-10-6-18-19(9-10)5-4-15-13(14-3)17-8-12-16-7-11(2)20-12;/h6-7,9H,4-5,8H2,1-3H3,(H2,14,15,17);1H. The van der Waals surface area contributed by atoms with Crippen molar-refractivity contribution >= 4 is 41.3 Å². The highest BCUT2D eigenvalue weighted by Gasteiger charge is 2.01. The Labute approximate surface area is 146 Å². The van der Waals surface area contributed by atoms with E-state index in [1.165, 1.54) is 10.4 Å². The number of hydrogen-bond donors (Lipinski definition) is 2. The van der Waals surface area contributed by atoms with Crippen molar-refractivity contribution in [2.24, 2.45) is 4.99 Å². The minimum absolute atomic E-state index is 0. The van der Waals surface area contributed by atoms with E-state index in [0.717, 1.165) is 24.1 Å². The van der Waals surface area contributed by atoms with Gasteiger partial charge in [0.15, 0.2) is 5.96 Å². The minimum atomic E-state index is 0. The van der Waals surface area contributed by atoms with Gasteiger partial charge in [0.2, 0.25) is 0 Å². The molecule has 0 fully saturated rings. The van der Waals surface area contributed by atoms with E-state index in [-0.39, 0.29) is 24.0 Å². The fourth-order valence-electron chi connectivity index (χ4n) is 1.74. The summed E-state index contributed by atoms with van der Waals surface area (Å²) in [5.74, 6) is 0.779. The average molecular weight is 420 g/mol. The summed E-state index contributed by atoms with van der Waals surface area (Å²) < 4.78 is 1.92. The number of aryl methyl sites for hydroxylation is 2. The van der Waals surface area contributed by atoms with Crippen LogP contribution in [0, 0.1) is 13.8 Å². The first-order chi connectivity index (χ1) is 9.67. The number of nitrogens with one attached hydrogen (secondary N) is 2. The second-order valence-corrected chi connectivity index (χ2v) is 5.82. The van der Waals surface area contributed by atoms with Gasteiger partial charge in [0.25, 0.3) is 0 Å². The molecule has 8 heteroatoms. The fourth-order valence-corrected chi connectivity index (χ4v) is 2.47. The maximum atomic E-state index is 4.31. The lowest BCUT2D eigenvalue weighted by Crippen LogP contribution is -2.38. The summed E-state index contributed by atoms with van der Waals surface area (Å²) in [6, 6.07) is 0. The van der Waals surface area contributed by atoms with E-state index in [1.54, 1.807) is 18.4 Å². The van der Waals surface area contributed by atoms with Crippen molar-refractivity contribution in [3.8, 4) is 0 Å². The van der Waals surface area contributed by atoms with Gasteiger partial charge in [0.05, 0.1) is 19.3 Å². The molecule has 6 nitrogen and oxygen atoms in total. The van der Waals surface area contributed by atoms with Crippen molar-refractivity contribution in [3.05, 3.63) is 34.0 Å². The second-order valence-electron chi connectivity index (χ2n) is 4.50. The second kappa shape index (κ2) is 8.98. The highest BCUT2D eigenvalue weighted by molar-refractivity contribution is 14.0. The molecule has 0 saturated carbocycles. The zero-order chi connectivity index (χ0) is 14.4. The Morgan fingerprint density at radius 2 is 2.14 bits per heavy atom. The molecule has 2 aromatic heterocycles. The maximum Gasteiger partial charge on any atom is 0.191 e. The summed E-state index contributed by atoms with van der Waals surface area (Å²) in [5.41, 5.74) is 1.17. The number of aliphatic imine (C=N–C) groups is 1.